The molecule has 0 bridgehead atoms. The third-order valence-electron chi connectivity index (χ3n) is 6.33. The Hall–Kier alpha value is -3.62. The predicted octanol–water partition coefficient (Wildman–Crippen LogP) is 4.11. The van der Waals surface area contributed by atoms with Gasteiger partial charge in [-0.3, -0.25) is 4.79 Å². The summed E-state index contributed by atoms with van der Waals surface area (Å²) >= 11 is 0. The molecule has 0 unspecified atom stereocenters. The van der Waals surface area contributed by atoms with Crippen LogP contribution in [0.5, 0.6) is 5.75 Å². The van der Waals surface area contributed by atoms with E-state index in [2.05, 4.69) is 9.83 Å². The molecule has 3 heterocycles. The van der Waals surface area contributed by atoms with Crippen LogP contribution in [0.2, 0.25) is 0 Å². The number of benzene rings is 1. The molecule has 0 radical (unpaired) electrons. The first-order chi connectivity index (χ1) is 17.6. The zero-order valence-corrected chi connectivity index (χ0v) is 20.8. The van der Waals surface area contributed by atoms with Crippen LogP contribution in [0.3, 0.4) is 0 Å². The predicted molar refractivity (Wildman–Crippen MR) is 134 cm³/mol. The van der Waals surface area contributed by atoms with Gasteiger partial charge in [0.2, 0.25) is 5.52 Å². The highest BCUT2D eigenvalue weighted by Crippen LogP contribution is 2.33. The highest BCUT2D eigenvalue weighted by atomic mass is 19.4. The van der Waals surface area contributed by atoms with Gasteiger partial charge in [0.15, 0.2) is 0 Å². The van der Waals surface area contributed by atoms with Gasteiger partial charge in [0.1, 0.15) is 18.0 Å². The highest BCUT2D eigenvalue weighted by molar-refractivity contribution is 5.89. The molecule has 0 N–H and O–H groups in total. The lowest BCUT2D eigenvalue weighted by molar-refractivity contribution is -0.137. The average molecular weight is 516 g/mol. The SMILES string of the molecule is [C-]#[N+]c1ccc2c(n1)c(N1CC[C@@H](Oc3cccc(C(F)(F)F)c3)[C@H](OCCN(C)C)C1)cc(=O)n2C. The van der Waals surface area contributed by atoms with E-state index in [-0.39, 0.29) is 17.1 Å². The molecule has 1 aliphatic heterocycles. The number of hydrogen-bond donors (Lipinski definition) is 0. The summed E-state index contributed by atoms with van der Waals surface area (Å²) in [4.78, 5) is 24.5. The Labute approximate surface area is 212 Å². The number of rotatable bonds is 7. The average Bonchev–Trinajstić information content (AvgIpc) is 2.86. The second-order valence-corrected chi connectivity index (χ2v) is 9.20. The van der Waals surface area contributed by atoms with E-state index in [0.29, 0.717) is 49.4 Å². The molecule has 4 rings (SSSR count). The quantitative estimate of drug-likeness (QED) is 0.442. The molecule has 2 atom stereocenters. The van der Waals surface area contributed by atoms with Gasteiger partial charge in [-0.2, -0.15) is 13.2 Å². The van der Waals surface area contributed by atoms with Gasteiger partial charge in [-0.1, -0.05) is 12.6 Å². The Kier molecular flexibility index (Phi) is 7.71. The second-order valence-electron chi connectivity index (χ2n) is 9.20. The van der Waals surface area contributed by atoms with Crippen LogP contribution in [0.15, 0.2) is 47.3 Å². The first kappa shape index (κ1) is 26.4. The van der Waals surface area contributed by atoms with Crippen molar-refractivity contribution in [3.63, 3.8) is 0 Å². The Morgan fingerprint density at radius 3 is 2.68 bits per heavy atom. The number of aromatic nitrogens is 2. The van der Waals surface area contributed by atoms with Crippen molar-refractivity contribution >= 4 is 22.5 Å². The molecule has 2 aromatic heterocycles. The van der Waals surface area contributed by atoms with Crippen LogP contribution >= 0.6 is 0 Å². The van der Waals surface area contributed by atoms with Crippen LogP contribution in [0.1, 0.15) is 12.0 Å². The highest BCUT2D eigenvalue weighted by Gasteiger charge is 2.35. The van der Waals surface area contributed by atoms with Gasteiger partial charge in [0.25, 0.3) is 11.4 Å². The number of fused-ring (bicyclic) bond motifs is 1. The van der Waals surface area contributed by atoms with Crippen LogP contribution in [0.4, 0.5) is 24.7 Å². The Morgan fingerprint density at radius 2 is 1.97 bits per heavy atom. The van der Waals surface area contributed by atoms with Gasteiger partial charge in [0.05, 0.1) is 23.4 Å². The fraction of sp³-hybridized carbons (Fsp3) is 0.423. The molecule has 196 valence electrons. The molecule has 1 saturated heterocycles. The number of piperidine rings is 1. The lowest BCUT2D eigenvalue weighted by atomic mass is 10.0. The summed E-state index contributed by atoms with van der Waals surface area (Å²) in [5.41, 5.74) is 0.720. The molecule has 1 fully saturated rings. The summed E-state index contributed by atoms with van der Waals surface area (Å²) in [7, 11) is 5.48. The summed E-state index contributed by atoms with van der Waals surface area (Å²) in [6.07, 6.45) is -5.00. The van der Waals surface area contributed by atoms with Crippen LogP contribution in [-0.4, -0.2) is 67.0 Å². The van der Waals surface area contributed by atoms with E-state index >= 15 is 0 Å². The molecule has 11 heteroatoms. The molecule has 0 spiro atoms. The maximum Gasteiger partial charge on any atom is 0.416 e. The molecule has 1 aliphatic rings. The fourth-order valence-corrected chi connectivity index (χ4v) is 4.32. The van der Waals surface area contributed by atoms with Crippen molar-refractivity contribution in [1.82, 2.24) is 14.5 Å². The molecular formula is C26H28F3N5O3. The largest absolute Gasteiger partial charge is 0.488 e. The number of alkyl halides is 3. The summed E-state index contributed by atoms with van der Waals surface area (Å²) in [5.74, 6) is 0.339. The third-order valence-corrected chi connectivity index (χ3v) is 6.33. The fourth-order valence-electron chi connectivity index (χ4n) is 4.32. The standard InChI is InChI=1S/C26H28F3N5O3/c1-30-23-9-8-19-25(31-23)20(15-24(35)33(19)4)34-11-10-21(22(16-34)36-13-12-32(2)3)37-18-7-5-6-17(14-18)26(27,28)29/h5-9,14-15,21-22H,10-13,16H2,2-4H3/t21-,22-/m1/s1. The smallest absolute Gasteiger partial charge is 0.416 e. The topological polar surface area (TPSA) is 64.2 Å². The number of likely N-dealkylation sites (N-methyl/N-ethyl adjacent to an activating group) is 1. The van der Waals surface area contributed by atoms with E-state index in [4.69, 9.17) is 16.0 Å². The van der Waals surface area contributed by atoms with E-state index < -0.39 is 23.9 Å². The van der Waals surface area contributed by atoms with Crippen LogP contribution in [0, 0.1) is 6.57 Å². The number of pyridine rings is 2. The Morgan fingerprint density at radius 1 is 1.19 bits per heavy atom. The minimum atomic E-state index is -4.47. The van der Waals surface area contributed by atoms with Gasteiger partial charge in [-0.15, -0.1) is 4.98 Å². The Balaban J connectivity index is 1.64. The van der Waals surface area contributed by atoms with Crippen molar-refractivity contribution in [2.45, 2.75) is 24.8 Å². The van der Waals surface area contributed by atoms with Crippen LogP contribution < -0.4 is 15.2 Å². The zero-order valence-electron chi connectivity index (χ0n) is 20.8. The van der Waals surface area contributed by atoms with Gasteiger partial charge < -0.3 is 28.7 Å². The number of aryl methyl sites for hydroxylation is 1. The van der Waals surface area contributed by atoms with Crippen molar-refractivity contribution in [1.29, 1.82) is 0 Å². The number of ether oxygens (including phenoxy) is 2. The lowest BCUT2D eigenvalue weighted by Gasteiger charge is -2.39. The third kappa shape index (κ3) is 6.03. The minimum Gasteiger partial charge on any atom is -0.488 e. The number of nitrogens with zero attached hydrogens (tertiary/aromatic N) is 5. The van der Waals surface area contributed by atoms with Crippen molar-refractivity contribution in [3.05, 3.63) is 69.8 Å². The molecule has 8 nitrogen and oxygen atoms in total. The molecule has 0 aliphatic carbocycles. The first-order valence-electron chi connectivity index (χ1n) is 11.8. The molecule has 37 heavy (non-hydrogen) atoms. The van der Waals surface area contributed by atoms with Gasteiger partial charge >= 0.3 is 6.18 Å². The van der Waals surface area contributed by atoms with Crippen LogP contribution in [0.25, 0.3) is 15.9 Å². The number of hydrogen-bond acceptors (Lipinski definition) is 6. The van der Waals surface area contributed by atoms with E-state index in [1.54, 1.807) is 19.2 Å². The number of anilines is 1. The Bertz CT molecular complexity index is 1370. The van der Waals surface area contributed by atoms with E-state index in [9.17, 15) is 18.0 Å². The van der Waals surface area contributed by atoms with Crippen molar-refractivity contribution in [2.75, 3.05) is 45.2 Å². The van der Waals surface area contributed by atoms with Gasteiger partial charge in [-0.25, -0.2) is 0 Å². The van der Waals surface area contributed by atoms with Crippen molar-refractivity contribution < 1.29 is 22.6 Å². The first-order valence-corrected chi connectivity index (χ1v) is 11.8. The second kappa shape index (κ2) is 10.8. The lowest BCUT2D eigenvalue weighted by Crippen LogP contribution is -2.51. The van der Waals surface area contributed by atoms with E-state index in [1.165, 1.54) is 22.8 Å². The molecule has 1 aromatic carbocycles. The van der Waals surface area contributed by atoms with Crippen molar-refractivity contribution in [3.8, 4) is 5.75 Å². The monoisotopic (exact) mass is 515 g/mol. The minimum absolute atomic E-state index is 0.122. The zero-order chi connectivity index (χ0) is 26.7. The molecule has 3 aromatic rings. The summed E-state index contributed by atoms with van der Waals surface area (Å²) in [6.45, 7) is 9.17. The molecule has 0 amide bonds. The summed E-state index contributed by atoms with van der Waals surface area (Å²) < 4.78 is 53.3. The van der Waals surface area contributed by atoms with Gasteiger partial charge in [-0.05, 0) is 44.4 Å². The van der Waals surface area contributed by atoms with Crippen LogP contribution in [-0.2, 0) is 18.0 Å². The summed E-state index contributed by atoms with van der Waals surface area (Å²) in [5, 5.41) is 0. The normalized spacial score (nSPS) is 18.3. The maximum absolute atomic E-state index is 13.2. The van der Waals surface area contributed by atoms with Crippen molar-refractivity contribution in [2.24, 2.45) is 7.05 Å². The van der Waals surface area contributed by atoms with E-state index in [0.717, 1.165) is 12.1 Å². The molecular weight excluding hydrogens is 487 g/mol. The van der Waals surface area contributed by atoms with Gasteiger partial charge in [0, 0.05) is 39.2 Å². The summed E-state index contributed by atoms with van der Waals surface area (Å²) in [6, 6.07) is 9.59. The van der Waals surface area contributed by atoms with E-state index in [1.807, 2.05) is 23.9 Å². The maximum atomic E-state index is 13.2. The number of halogens is 3. The molecule has 0 saturated carbocycles.